The molecule has 84 valence electrons. The van der Waals surface area contributed by atoms with Crippen molar-refractivity contribution in [1.29, 1.82) is 0 Å². The molecule has 0 unspecified atom stereocenters. The highest BCUT2D eigenvalue weighted by molar-refractivity contribution is 7.99. The van der Waals surface area contributed by atoms with Crippen LogP contribution in [0, 0.1) is 11.6 Å². The lowest BCUT2D eigenvalue weighted by Gasteiger charge is -2.04. The maximum Gasteiger partial charge on any atom is 0.136 e. The van der Waals surface area contributed by atoms with Gasteiger partial charge >= 0.3 is 0 Å². The van der Waals surface area contributed by atoms with Crippen LogP contribution in [0.2, 0.25) is 0 Å². The van der Waals surface area contributed by atoms with Gasteiger partial charge in [0.25, 0.3) is 0 Å². The summed E-state index contributed by atoms with van der Waals surface area (Å²) in [4.78, 5) is 0.311. The zero-order chi connectivity index (χ0) is 11.1. The van der Waals surface area contributed by atoms with Crippen molar-refractivity contribution in [2.24, 2.45) is 5.73 Å². The van der Waals surface area contributed by atoms with Crippen molar-refractivity contribution in [2.75, 3.05) is 25.5 Å². The first-order valence-corrected chi connectivity index (χ1v) is 5.58. The van der Waals surface area contributed by atoms with E-state index in [0.717, 1.165) is 12.1 Å². The topological polar surface area (TPSA) is 35.2 Å². The molecule has 0 radical (unpaired) electrons. The van der Waals surface area contributed by atoms with Gasteiger partial charge in [0, 0.05) is 17.2 Å². The van der Waals surface area contributed by atoms with Crippen LogP contribution in [0.3, 0.4) is 0 Å². The lowest BCUT2D eigenvalue weighted by atomic mass is 10.3. The average Bonchev–Trinajstić information content (AvgIpc) is 2.23. The van der Waals surface area contributed by atoms with Crippen molar-refractivity contribution in [3.05, 3.63) is 29.8 Å². The van der Waals surface area contributed by atoms with E-state index in [2.05, 4.69) is 0 Å². The maximum atomic E-state index is 13.1. The molecule has 1 aromatic rings. The van der Waals surface area contributed by atoms with Crippen LogP contribution in [0.15, 0.2) is 23.1 Å². The molecular formula is C10H13F2NOS. The minimum Gasteiger partial charge on any atom is -0.379 e. The molecule has 0 bridgehead atoms. The number of benzene rings is 1. The number of rotatable bonds is 6. The molecule has 0 aliphatic rings. The SMILES string of the molecule is NCCOCCSc1cc(F)ccc1F. The highest BCUT2D eigenvalue weighted by Gasteiger charge is 2.03. The summed E-state index contributed by atoms with van der Waals surface area (Å²) in [5.74, 6) is -0.248. The van der Waals surface area contributed by atoms with E-state index in [9.17, 15) is 8.78 Å². The number of ether oxygens (including phenoxy) is 1. The van der Waals surface area contributed by atoms with E-state index in [1.165, 1.54) is 17.8 Å². The van der Waals surface area contributed by atoms with Gasteiger partial charge < -0.3 is 10.5 Å². The fraction of sp³-hybridized carbons (Fsp3) is 0.400. The van der Waals surface area contributed by atoms with E-state index < -0.39 is 11.6 Å². The Balaban J connectivity index is 2.33. The predicted octanol–water partition coefficient (Wildman–Crippen LogP) is 2.03. The maximum absolute atomic E-state index is 13.1. The van der Waals surface area contributed by atoms with Crippen molar-refractivity contribution in [3.8, 4) is 0 Å². The molecule has 1 aromatic carbocycles. The van der Waals surface area contributed by atoms with Crippen LogP contribution >= 0.6 is 11.8 Å². The van der Waals surface area contributed by atoms with Crippen LogP contribution in [0.1, 0.15) is 0 Å². The second kappa shape index (κ2) is 6.76. The van der Waals surface area contributed by atoms with E-state index in [0.29, 0.717) is 30.4 Å². The number of hydrogen-bond acceptors (Lipinski definition) is 3. The number of hydrogen-bond donors (Lipinski definition) is 1. The summed E-state index contributed by atoms with van der Waals surface area (Å²) in [6.45, 7) is 1.45. The Morgan fingerprint density at radius 3 is 2.80 bits per heavy atom. The van der Waals surface area contributed by atoms with E-state index in [4.69, 9.17) is 10.5 Å². The van der Waals surface area contributed by atoms with Crippen molar-refractivity contribution in [3.63, 3.8) is 0 Å². The molecular weight excluding hydrogens is 220 g/mol. The molecule has 0 aliphatic carbocycles. The van der Waals surface area contributed by atoms with Gasteiger partial charge in [-0.1, -0.05) is 0 Å². The minimum atomic E-state index is -0.429. The van der Waals surface area contributed by atoms with Gasteiger partial charge in [-0.15, -0.1) is 11.8 Å². The minimum absolute atomic E-state index is 0.311. The van der Waals surface area contributed by atoms with Gasteiger partial charge in [0.2, 0.25) is 0 Å². The Kier molecular flexibility index (Phi) is 5.60. The monoisotopic (exact) mass is 233 g/mol. The van der Waals surface area contributed by atoms with Crippen LogP contribution in [0.5, 0.6) is 0 Å². The zero-order valence-corrected chi connectivity index (χ0v) is 9.03. The van der Waals surface area contributed by atoms with E-state index >= 15 is 0 Å². The molecule has 1 rings (SSSR count). The molecule has 2 N–H and O–H groups in total. The molecule has 2 nitrogen and oxygen atoms in total. The normalized spacial score (nSPS) is 10.6. The molecule has 0 saturated carbocycles. The Morgan fingerprint density at radius 2 is 2.07 bits per heavy atom. The fourth-order valence-electron chi connectivity index (χ4n) is 0.984. The average molecular weight is 233 g/mol. The first-order valence-electron chi connectivity index (χ1n) is 4.59. The quantitative estimate of drug-likeness (QED) is 0.603. The summed E-state index contributed by atoms with van der Waals surface area (Å²) in [6.07, 6.45) is 0. The molecule has 0 fully saturated rings. The van der Waals surface area contributed by atoms with Gasteiger partial charge in [0.15, 0.2) is 0 Å². The molecule has 0 heterocycles. The first-order chi connectivity index (χ1) is 7.24. The Labute approximate surface area is 91.8 Å². The summed E-state index contributed by atoms with van der Waals surface area (Å²) in [7, 11) is 0. The third-order valence-corrected chi connectivity index (χ3v) is 2.64. The molecule has 0 atom stereocenters. The Morgan fingerprint density at radius 1 is 1.27 bits per heavy atom. The van der Waals surface area contributed by atoms with Crippen molar-refractivity contribution >= 4 is 11.8 Å². The summed E-state index contributed by atoms with van der Waals surface area (Å²) < 4.78 is 31.0. The van der Waals surface area contributed by atoms with Gasteiger partial charge in [-0.3, -0.25) is 0 Å². The third kappa shape index (κ3) is 4.59. The van der Waals surface area contributed by atoms with Crippen LogP contribution in [0.25, 0.3) is 0 Å². The highest BCUT2D eigenvalue weighted by Crippen LogP contribution is 2.22. The van der Waals surface area contributed by atoms with Crippen LogP contribution in [-0.4, -0.2) is 25.5 Å². The fourth-order valence-corrected chi connectivity index (χ4v) is 1.81. The van der Waals surface area contributed by atoms with Gasteiger partial charge in [-0.05, 0) is 18.2 Å². The first kappa shape index (κ1) is 12.4. The largest absolute Gasteiger partial charge is 0.379 e. The zero-order valence-electron chi connectivity index (χ0n) is 8.21. The van der Waals surface area contributed by atoms with Crippen molar-refractivity contribution in [1.82, 2.24) is 0 Å². The smallest absolute Gasteiger partial charge is 0.136 e. The lowest BCUT2D eigenvalue weighted by Crippen LogP contribution is -2.09. The molecule has 0 aromatic heterocycles. The third-order valence-electron chi connectivity index (χ3n) is 1.64. The van der Waals surface area contributed by atoms with Gasteiger partial charge in [-0.25, -0.2) is 8.78 Å². The molecule has 5 heteroatoms. The van der Waals surface area contributed by atoms with Crippen LogP contribution in [-0.2, 0) is 4.74 Å². The summed E-state index contributed by atoms with van der Waals surface area (Å²) in [6, 6.07) is 3.41. The number of halogens is 2. The van der Waals surface area contributed by atoms with Gasteiger partial charge in [-0.2, -0.15) is 0 Å². The highest BCUT2D eigenvalue weighted by atomic mass is 32.2. The predicted molar refractivity (Wildman–Crippen MR) is 57.0 cm³/mol. The van der Waals surface area contributed by atoms with Gasteiger partial charge in [0.05, 0.1) is 13.2 Å². The van der Waals surface area contributed by atoms with Crippen LogP contribution in [0.4, 0.5) is 8.78 Å². The summed E-state index contributed by atoms with van der Waals surface area (Å²) >= 11 is 1.23. The van der Waals surface area contributed by atoms with E-state index in [1.54, 1.807) is 0 Å². The summed E-state index contributed by atoms with van der Waals surface area (Å²) in [5.41, 5.74) is 5.22. The summed E-state index contributed by atoms with van der Waals surface area (Å²) in [5, 5.41) is 0. The van der Waals surface area contributed by atoms with Gasteiger partial charge in [0.1, 0.15) is 11.6 Å². The van der Waals surface area contributed by atoms with Crippen molar-refractivity contribution in [2.45, 2.75) is 4.90 Å². The Bertz CT molecular complexity index is 309. The number of thioether (sulfide) groups is 1. The van der Waals surface area contributed by atoms with E-state index in [-0.39, 0.29) is 0 Å². The van der Waals surface area contributed by atoms with Crippen LogP contribution < -0.4 is 5.73 Å². The molecule has 15 heavy (non-hydrogen) atoms. The molecule has 0 saturated heterocycles. The van der Waals surface area contributed by atoms with Crippen molar-refractivity contribution < 1.29 is 13.5 Å². The molecule has 0 amide bonds. The number of nitrogens with two attached hydrogens (primary N) is 1. The molecule has 0 aliphatic heterocycles. The lowest BCUT2D eigenvalue weighted by molar-refractivity contribution is 0.158. The molecule has 0 spiro atoms. The van der Waals surface area contributed by atoms with E-state index in [1.807, 2.05) is 0 Å². The Hall–Kier alpha value is -0.650. The standard InChI is InChI=1S/C10H13F2NOS/c11-8-1-2-9(12)10(7-8)15-6-5-14-4-3-13/h1-2,7H,3-6,13H2. The second-order valence-corrected chi connectivity index (χ2v) is 3.96. The second-order valence-electron chi connectivity index (χ2n) is 2.82.